The van der Waals surface area contributed by atoms with Crippen molar-refractivity contribution in [2.75, 3.05) is 45.8 Å². The Hall–Kier alpha value is -0.650. The van der Waals surface area contributed by atoms with Gasteiger partial charge in [0, 0.05) is 45.2 Å². The summed E-state index contributed by atoms with van der Waals surface area (Å²) in [6.45, 7) is 6.53. The SMILES string of the molecule is O=C1CCCN1CC(O)CN1CCCN(C2CCCC2)CC1. The van der Waals surface area contributed by atoms with Crippen molar-refractivity contribution in [3.05, 3.63) is 0 Å². The maximum absolute atomic E-state index is 11.6. The maximum Gasteiger partial charge on any atom is 0.222 e. The number of carbonyl (C=O) groups is 1. The first kappa shape index (κ1) is 16.2. The summed E-state index contributed by atoms with van der Waals surface area (Å²) in [5.41, 5.74) is 0. The van der Waals surface area contributed by atoms with Crippen LogP contribution in [0.1, 0.15) is 44.9 Å². The van der Waals surface area contributed by atoms with Gasteiger partial charge in [0.25, 0.3) is 0 Å². The van der Waals surface area contributed by atoms with E-state index in [-0.39, 0.29) is 5.91 Å². The second kappa shape index (κ2) is 7.75. The van der Waals surface area contributed by atoms with E-state index in [1.807, 2.05) is 4.90 Å². The van der Waals surface area contributed by atoms with Gasteiger partial charge in [-0.15, -0.1) is 0 Å². The summed E-state index contributed by atoms with van der Waals surface area (Å²) in [7, 11) is 0. The number of likely N-dealkylation sites (tertiary alicyclic amines) is 1. The molecule has 126 valence electrons. The van der Waals surface area contributed by atoms with Crippen LogP contribution >= 0.6 is 0 Å². The van der Waals surface area contributed by atoms with Crippen LogP contribution in [0.3, 0.4) is 0 Å². The fraction of sp³-hybridized carbons (Fsp3) is 0.941. The lowest BCUT2D eigenvalue weighted by atomic mass is 10.2. The Morgan fingerprint density at radius 2 is 1.77 bits per heavy atom. The Bertz CT molecular complexity index is 371. The van der Waals surface area contributed by atoms with E-state index >= 15 is 0 Å². The first-order chi connectivity index (χ1) is 10.7. The van der Waals surface area contributed by atoms with E-state index in [1.54, 1.807) is 0 Å². The number of hydrogen-bond acceptors (Lipinski definition) is 4. The minimum absolute atomic E-state index is 0.210. The van der Waals surface area contributed by atoms with Crippen molar-refractivity contribution in [1.82, 2.24) is 14.7 Å². The van der Waals surface area contributed by atoms with E-state index in [1.165, 1.54) is 38.6 Å². The van der Waals surface area contributed by atoms with E-state index in [0.29, 0.717) is 19.5 Å². The monoisotopic (exact) mass is 309 g/mol. The molecule has 1 N–H and O–H groups in total. The van der Waals surface area contributed by atoms with E-state index in [9.17, 15) is 9.90 Å². The van der Waals surface area contributed by atoms with Gasteiger partial charge < -0.3 is 10.0 Å². The number of aliphatic hydroxyl groups is 1. The predicted octanol–water partition coefficient (Wildman–Crippen LogP) is 0.920. The molecule has 0 radical (unpaired) electrons. The molecule has 3 fully saturated rings. The summed E-state index contributed by atoms with van der Waals surface area (Å²) in [4.78, 5) is 18.5. The molecule has 1 saturated carbocycles. The summed E-state index contributed by atoms with van der Waals surface area (Å²) in [5.74, 6) is 0.210. The van der Waals surface area contributed by atoms with Crippen LogP contribution in [0.2, 0.25) is 0 Å². The highest BCUT2D eigenvalue weighted by Gasteiger charge is 2.27. The molecular weight excluding hydrogens is 278 g/mol. The van der Waals surface area contributed by atoms with E-state index in [2.05, 4.69) is 9.80 Å². The minimum Gasteiger partial charge on any atom is -0.390 e. The number of carbonyl (C=O) groups excluding carboxylic acids is 1. The van der Waals surface area contributed by atoms with Gasteiger partial charge >= 0.3 is 0 Å². The Kier molecular flexibility index (Phi) is 5.71. The maximum atomic E-state index is 11.6. The lowest BCUT2D eigenvalue weighted by molar-refractivity contribution is -0.129. The molecule has 3 rings (SSSR count). The van der Waals surface area contributed by atoms with Crippen molar-refractivity contribution < 1.29 is 9.90 Å². The van der Waals surface area contributed by atoms with Gasteiger partial charge in [-0.3, -0.25) is 14.6 Å². The van der Waals surface area contributed by atoms with Gasteiger partial charge in [-0.1, -0.05) is 12.8 Å². The van der Waals surface area contributed by atoms with Crippen LogP contribution in [-0.4, -0.2) is 83.7 Å². The molecule has 0 spiro atoms. The lowest BCUT2D eigenvalue weighted by Gasteiger charge is -2.28. The highest BCUT2D eigenvalue weighted by Crippen LogP contribution is 2.24. The quantitative estimate of drug-likeness (QED) is 0.820. The number of hydrogen-bond donors (Lipinski definition) is 1. The Morgan fingerprint density at radius 3 is 2.50 bits per heavy atom. The fourth-order valence-electron chi connectivity index (χ4n) is 4.32. The molecule has 3 aliphatic rings. The zero-order chi connectivity index (χ0) is 15.4. The van der Waals surface area contributed by atoms with Gasteiger partial charge in [-0.25, -0.2) is 0 Å². The topological polar surface area (TPSA) is 47.0 Å². The Labute approximate surface area is 134 Å². The average Bonchev–Trinajstić information content (AvgIpc) is 3.10. The van der Waals surface area contributed by atoms with E-state index in [4.69, 9.17) is 0 Å². The molecule has 2 heterocycles. The van der Waals surface area contributed by atoms with Gasteiger partial charge in [-0.05, 0) is 38.8 Å². The van der Waals surface area contributed by atoms with Crippen molar-refractivity contribution >= 4 is 5.91 Å². The molecule has 22 heavy (non-hydrogen) atoms. The van der Waals surface area contributed by atoms with Crippen molar-refractivity contribution in [3.8, 4) is 0 Å². The molecule has 0 aromatic heterocycles. The largest absolute Gasteiger partial charge is 0.390 e. The van der Waals surface area contributed by atoms with Crippen LogP contribution in [0, 0.1) is 0 Å². The molecule has 1 atom stereocenters. The standard InChI is InChI=1S/C17H31N3O2/c21-16(14-20-9-3-7-17(20)22)13-18-8-4-10-19(12-11-18)15-5-1-2-6-15/h15-16,21H,1-14H2. The second-order valence-corrected chi connectivity index (χ2v) is 7.23. The van der Waals surface area contributed by atoms with Crippen LogP contribution in [0.15, 0.2) is 0 Å². The third kappa shape index (κ3) is 4.21. The van der Waals surface area contributed by atoms with Gasteiger partial charge in [0.15, 0.2) is 0 Å². The van der Waals surface area contributed by atoms with Gasteiger partial charge in [0.05, 0.1) is 6.10 Å². The molecule has 1 amide bonds. The zero-order valence-electron chi connectivity index (χ0n) is 13.8. The van der Waals surface area contributed by atoms with Crippen LogP contribution < -0.4 is 0 Å². The minimum atomic E-state index is -0.403. The molecule has 0 aromatic rings. The third-order valence-corrected chi connectivity index (χ3v) is 5.54. The van der Waals surface area contributed by atoms with Gasteiger partial charge in [0.2, 0.25) is 5.91 Å². The van der Waals surface area contributed by atoms with Crippen LogP contribution in [0.25, 0.3) is 0 Å². The summed E-state index contributed by atoms with van der Waals surface area (Å²) in [6, 6.07) is 0.812. The van der Waals surface area contributed by atoms with Gasteiger partial charge in [0.1, 0.15) is 0 Å². The van der Waals surface area contributed by atoms with E-state index < -0.39 is 6.10 Å². The number of β-amino-alcohol motifs (C(OH)–C–C–N with tert-alkyl or cyclic N) is 1. The zero-order valence-corrected chi connectivity index (χ0v) is 13.8. The molecule has 5 heteroatoms. The third-order valence-electron chi connectivity index (χ3n) is 5.54. The number of aliphatic hydroxyl groups excluding tert-OH is 1. The number of nitrogens with zero attached hydrogens (tertiary/aromatic N) is 3. The van der Waals surface area contributed by atoms with E-state index in [0.717, 1.165) is 38.6 Å². The first-order valence-electron chi connectivity index (χ1n) is 9.14. The van der Waals surface area contributed by atoms with Crippen LogP contribution in [0.5, 0.6) is 0 Å². The summed E-state index contributed by atoms with van der Waals surface area (Å²) in [6.07, 6.45) is 7.95. The number of rotatable bonds is 5. The van der Waals surface area contributed by atoms with Crippen molar-refractivity contribution in [3.63, 3.8) is 0 Å². The molecule has 2 saturated heterocycles. The molecular formula is C17H31N3O2. The Balaban J connectivity index is 1.41. The van der Waals surface area contributed by atoms with Crippen molar-refractivity contribution in [2.45, 2.75) is 57.1 Å². The number of amides is 1. The summed E-state index contributed by atoms with van der Waals surface area (Å²) >= 11 is 0. The molecule has 0 bridgehead atoms. The molecule has 1 aliphatic carbocycles. The molecule has 1 unspecified atom stereocenters. The summed E-state index contributed by atoms with van der Waals surface area (Å²) < 4.78 is 0. The average molecular weight is 309 g/mol. The fourth-order valence-corrected chi connectivity index (χ4v) is 4.32. The molecule has 2 aliphatic heterocycles. The summed E-state index contributed by atoms with van der Waals surface area (Å²) in [5, 5.41) is 10.3. The van der Waals surface area contributed by atoms with Crippen LogP contribution in [0.4, 0.5) is 0 Å². The smallest absolute Gasteiger partial charge is 0.222 e. The first-order valence-corrected chi connectivity index (χ1v) is 9.14. The normalized spacial score (nSPS) is 27.5. The second-order valence-electron chi connectivity index (χ2n) is 7.23. The molecule has 0 aromatic carbocycles. The highest BCUT2D eigenvalue weighted by molar-refractivity contribution is 5.78. The highest BCUT2D eigenvalue weighted by atomic mass is 16.3. The van der Waals surface area contributed by atoms with Crippen LogP contribution in [-0.2, 0) is 4.79 Å². The predicted molar refractivity (Wildman–Crippen MR) is 86.7 cm³/mol. The molecule has 5 nitrogen and oxygen atoms in total. The van der Waals surface area contributed by atoms with Crippen molar-refractivity contribution in [1.29, 1.82) is 0 Å². The van der Waals surface area contributed by atoms with Crippen molar-refractivity contribution in [2.24, 2.45) is 0 Å². The lowest BCUT2D eigenvalue weighted by Crippen LogP contribution is -2.42. The van der Waals surface area contributed by atoms with Gasteiger partial charge in [-0.2, -0.15) is 0 Å². The Morgan fingerprint density at radius 1 is 0.955 bits per heavy atom.